The summed E-state index contributed by atoms with van der Waals surface area (Å²) in [6.07, 6.45) is -0.859. The van der Waals surface area contributed by atoms with Gasteiger partial charge in [-0.1, -0.05) is 0 Å². The normalized spacial score (nSPS) is 15.0. The Bertz CT molecular complexity index is 724. The highest BCUT2D eigenvalue weighted by atomic mass is 32.2. The summed E-state index contributed by atoms with van der Waals surface area (Å²) in [5, 5.41) is 2.48. The van der Waals surface area contributed by atoms with Crippen LogP contribution in [0, 0.1) is 13.8 Å². The van der Waals surface area contributed by atoms with Gasteiger partial charge in [0, 0.05) is 30.9 Å². The van der Waals surface area contributed by atoms with Gasteiger partial charge in [-0.05, 0) is 44.5 Å². The molecule has 0 saturated carbocycles. The van der Waals surface area contributed by atoms with E-state index in [0.717, 1.165) is 4.90 Å². The number of urea groups is 1. The molecule has 0 bridgehead atoms. The zero-order chi connectivity index (χ0) is 20.1. The fourth-order valence-electron chi connectivity index (χ4n) is 2.64. The molecule has 11 heteroatoms. The summed E-state index contributed by atoms with van der Waals surface area (Å²) in [4.78, 5) is 44.6. The molecule has 3 amide bonds. The van der Waals surface area contributed by atoms with Crippen LogP contribution >= 0.6 is 11.8 Å². The van der Waals surface area contributed by atoms with Gasteiger partial charge in [-0.2, -0.15) is 8.78 Å². The second kappa shape index (κ2) is 9.07. The first-order valence-electron chi connectivity index (χ1n) is 8.26. The van der Waals surface area contributed by atoms with E-state index in [2.05, 4.69) is 15.3 Å². The first-order valence-corrected chi connectivity index (χ1v) is 9.14. The number of ether oxygens (including phenoxy) is 1. The predicted octanol–water partition coefficient (Wildman–Crippen LogP) is 1.82. The summed E-state index contributed by atoms with van der Waals surface area (Å²) in [7, 11) is 0. The van der Waals surface area contributed by atoms with E-state index >= 15 is 0 Å². The van der Waals surface area contributed by atoms with Gasteiger partial charge < -0.3 is 10.1 Å². The molecule has 2 rings (SSSR count). The highest BCUT2D eigenvalue weighted by molar-refractivity contribution is 7.99. The highest BCUT2D eigenvalue weighted by Gasteiger charge is 2.31. The van der Waals surface area contributed by atoms with Gasteiger partial charge >= 0.3 is 12.0 Å². The third kappa shape index (κ3) is 5.59. The van der Waals surface area contributed by atoms with Crippen LogP contribution in [-0.2, 0) is 20.7 Å². The van der Waals surface area contributed by atoms with Crippen LogP contribution in [0.5, 0.6) is 0 Å². The molecule has 2 heterocycles. The average Bonchev–Trinajstić information content (AvgIpc) is 2.98. The van der Waals surface area contributed by atoms with Crippen LogP contribution in [0.3, 0.4) is 0 Å². The van der Waals surface area contributed by atoms with E-state index in [-0.39, 0.29) is 36.3 Å². The van der Waals surface area contributed by atoms with Crippen molar-refractivity contribution in [2.45, 2.75) is 50.6 Å². The largest absolute Gasteiger partial charge is 0.453 e. The fourth-order valence-corrected chi connectivity index (χ4v) is 3.18. The number of carbonyl (C=O) groups excluding carboxylic acids is 3. The third-order valence-electron chi connectivity index (χ3n) is 3.95. The molecule has 1 N–H and O–H groups in total. The number of nitrogens with one attached hydrogen (secondary N) is 1. The number of halogens is 2. The Morgan fingerprint density at radius 2 is 1.93 bits per heavy atom. The van der Waals surface area contributed by atoms with Crippen LogP contribution in [0.15, 0.2) is 5.16 Å². The number of nitrogens with zero attached hydrogens (tertiary/aromatic N) is 3. The van der Waals surface area contributed by atoms with Gasteiger partial charge in [0.25, 0.3) is 11.7 Å². The molecule has 0 radical (unpaired) electrons. The summed E-state index contributed by atoms with van der Waals surface area (Å²) in [6.45, 7) is 5.32. The van der Waals surface area contributed by atoms with E-state index in [1.54, 1.807) is 13.8 Å². The number of amides is 3. The van der Waals surface area contributed by atoms with Crippen LogP contribution in [0.1, 0.15) is 30.3 Å². The second-order valence-corrected chi connectivity index (χ2v) is 6.85. The Morgan fingerprint density at radius 1 is 1.30 bits per heavy atom. The molecule has 27 heavy (non-hydrogen) atoms. The number of imide groups is 1. The van der Waals surface area contributed by atoms with E-state index in [0.29, 0.717) is 23.5 Å². The van der Waals surface area contributed by atoms with E-state index in [9.17, 15) is 23.2 Å². The fraction of sp³-hybridized carbons (Fsp3) is 0.562. The average molecular weight is 402 g/mol. The Hall–Kier alpha value is -2.30. The Morgan fingerprint density at radius 3 is 2.44 bits per heavy atom. The van der Waals surface area contributed by atoms with E-state index < -0.39 is 29.8 Å². The van der Waals surface area contributed by atoms with Crippen molar-refractivity contribution in [3.05, 3.63) is 17.0 Å². The number of thioether (sulfide) groups is 1. The summed E-state index contributed by atoms with van der Waals surface area (Å²) in [5.74, 6) is -3.80. The van der Waals surface area contributed by atoms with Crippen molar-refractivity contribution < 1.29 is 27.9 Å². The maximum Gasteiger partial charge on any atom is 0.324 e. The minimum absolute atomic E-state index is 0.0190. The standard InChI is InChI=1S/C16H20F2N4O4S/c1-8-11(9(2)21-15(20-8)27-14(17)18)4-5-12(23)26-10(3)13(24)22-7-6-19-16(22)25/h10,14H,4-7H2,1-3H3,(H,19,25)/t10-/m1/s1. The van der Waals surface area contributed by atoms with E-state index in [1.165, 1.54) is 6.92 Å². The van der Waals surface area contributed by atoms with Crippen LogP contribution in [0.25, 0.3) is 0 Å². The molecule has 0 unspecified atom stereocenters. The zero-order valence-electron chi connectivity index (χ0n) is 15.1. The van der Waals surface area contributed by atoms with Crippen LogP contribution < -0.4 is 5.32 Å². The highest BCUT2D eigenvalue weighted by Crippen LogP contribution is 2.24. The van der Waals surface area contributed by atoms with E-state index in [1.807, 2.05) is 0 Å². The molecule has 0 aromatic carbocycles. The summed E-state index contributed by atoms with van der Waals surface area (Å²) in [6, 6.07) is -0.506. The SMILES string of the molecule is Cc1nc(SC(F)F)nc(C)c1CCC(=O)O[C@H](C)C(=O)N1CCNC1=O. The third-order valence-corrected chi connectivity index (χ3v) is 4.52. The number of aromatic nitrogens is 2. The van der Waals surface area contributed by atoms with Crippen molar-refractivity contribution in [1.82, 2.24) is 20.2 Å². The summed E-state index contributed by atoms with van der Waals surface area (Å²) in [5.41, 5.74) is 1.69. The maximum absolute atomic E-state index is 12.4. The molecule has 1 fully saturated rings. The van der Waals surface area contributed by atoms with Gasteiger partial charge in [0.15, 0.2) is 11.3 Å². The van der Waals surface area contributed by atoms with Crippen molar-refractivity contribution in [2.75, 3.05) is 13.1 Å². The number of hydrogen-bond acceptors (Lipinski definition) is 7. The molecule has 8 nitrogen and oxygen atoms in total. The molecular formula is C16H20F2N4O4S. The molecule has 1 saturated heterocycles. The topological polar surface area (TPSA) is 101 Å². The molecule has 0 aliphatic carbocycles. The number of aryl methyl sites for hydroxylation is 2. The van der Waals surface area contributed by atoms with Crippen molar-refractivity contribution in [1.29, 1.82) is 0 Å². The minimum Gasteiger partial charge on any atom is -0.453 e. The second-order valence-electron chi connectivity index (χ2n) is 5.89. The van der Waals surface area contributed by atoms with Crippen molar-refractivity contribution in [3.63, 3.8) is 0 Å². The van der Waals surface area contributed by atoms with Crippen LogP contribution in [0.2, 0.25) is 0 Å². The monoisotopic (exact) mass is 402 g/mol. The van der Waals surface area contributed by atoms with E-state index in [4.69, 9.17) is 4.74 Å². The Kier molecular flexibility index (Phi) is 7.05. The number of hydrogen-bond donors (Lipinski definition) is 1. The molecule has 1 atom stereocenters. The quantitative estimate of drug-likeness (QED) is 0.422. The summed E-state index contributed by atoms with van der Waals surface area (Å²) >= 11 is 0.262. The Balaban J connectivity index is 1.91. The lowest BCUT2D eigenvalue weighted by Gasteiger charge is -2.18. The lowest BCUT2D eigenvalue weighted by molar-refractivity contribution is -0.157. The lowest BCUT2D eigenvalue weighted by Crippen LogP contribution is -2.41. The number of alkyl halides is 2. The molecule has 1 aromatic heterocycles. The van der Waals surface area contributed by atoms with Gasteiger partial charge in [0.1, 0.15) is 0 Å². The minimum atomic E-state index is -2.61. The first kappa shape index (κ1) is 21.0. The molecule has 1 aromatic rings. The van der Waals surface area contributed by atoms with Gasteiger partial charge in [-0.25, -0.2) is 14.8 Å². The smallest absolute Gasteiger partial charge is 0.324 e. The molecule has 1 aliphatic rings. The Labute approximate surface area is 159 Å². The molecule has 1 aliphatic heterocycles. The van der Waals surface area contributed by atoms with Crippen LogP contribution in [-0.4, -0.2) is 57.7 Å². The summed E-state index contributed by atoms with van der Waals surface area (Å²) < 4.78 is 30.0. The molecular weight excluding hydrogens is 382 g/mol. The molecule has 0 spiro atoms. The zero-order valence-corrected chi connectivity index (χ0v) is 15.9. The van der Waals surface area contributed by atoms with Crippen molar-refractivity contribution in [2.24, 2.45) is 0 Å². The number of esters is 1. The predicted molar refractivity (Wildman–Crippen MR) is 92.4 cm³/mol. The maximum atomic E-state index is 12.4. The number of rotatable bonds is 7. The van der Waals surface area contributed by atoms with Gasteiger partial charge in [-0.3, -0.25) is 14.5 Å². The van der Waals surface area contributed by atoms with Gasteiger partial charge in [0.2, 0.25) is 0 Å². The first-order chi connectivity index (χ1) is 12.7. The number of carbonyl (C=O) groups is 3. The van der Waals surface area contributed by atoms with Gasteiger partial charge in [-0.15, -0.1) is 0 Å². The molecule has 148 valence electrons. The van der Waals surface area contributed by atoms with Gasteiger partial charge in [0.05, 0.1) is 0 Å². The van der Waals surface area contributed by atoms with Crippen molar-refractivity contribution >= 4 is 29.7 Å². The lowest BCUT2D eigenvalue weighted by atomic mass is 10.1. The van der Waals surface area contributed by atoms with Crippen molar-refractivity contribution in [3.8, 4) is 0 Å². The van der Waals surface area contributed by atoms with Crippen LogP contribution in [0.4, 0.5) is 13.6 Å².